The van der Waals surface area contributed by atoms with E-state index < -0.39 is 0 Å². The number of anilines is 3. The maximum absolute atomic E-state index is 14.2. The molecule has 6 nitrogen and oxygen atoms in total. The lowest BCUT2D eigenvalue weighted by molar-refractivity contribution is 0.307. The van der Waals surface area contributed by atoms with Crippen molar-refractivity contribution in [2.75, 3.05) is 49.5 Å². The zero-order valence-electron chi connectivity index (χ0n) is 25.8. The molecule has 222 valence electrons. The van der Waals surface area contributed by atoms with E-state index in [2.05, 4.69) is 58.7 Å². The van der Waals surface area contributed by atoms with E-state index in [1.54, 1.807) is 12.3 Å². The second-order valence-electron chi connectivity index (χ2n) is 11.8. The minimum atomic E-state index is -0.286. The summed E-state index contributed by atoms with van der Waals surface area (Å²) in [5.74, 6) is 0.970. The number of nitrogens with zero attached hydrogens (tertiary/aromatic N) is 5. The normalized spacial score (nSPS) is 18.5. The molecule has 0 radical (unpaired) electrons. The summed E-state index contributed by atoms with van der Waals surface area (Å²) in [4.78, 5) is 16.2. The quantitative estimate of drug-likeness (QED) is 0.240. The van der Waals surface area contributed by atoms with Crippen LogP contribution in [0.15, 0.2) is 59.8 Å². The number of benzene rings is 1. The third-order valence-electron chi connectivity index (χ3n) is 8.32. The standard InChI is InChI=1S/C32H43FN6.C2H6/c1-5-14-35-31(24(2)33)38-20-13-27-25(22-38)12-15-34-30(27)36-26-10-11-28-29(21-26)39(23-32(28,3)4)19-9-8-18-37-16-6-7-17-37;1-2/h5,10-12,14-15,21H,1,6-9,13,16-20,22-23H2,2-4H3,(H,34,36);1-2H3/b31-24-,35-14-;. The van der Waals surface area contributed by atoms with Crippen molar-refractivity contribution in [1.29, 1.82) is 0 Å². The minimum Gasteiger partial charge on any atom is -0.370 e. The van der Waals surface area contributed by atoms with Crippen LogP contribution in [0.4, 0.5) is 21.6 Å². The summed E-state index contributed by atoms with van der Waals surface area (Å²) in [6, 6.07) is 8.81. The molecule has 41 heavy (non-hydrogen) atoms. The number of aromatic nitrogens is 1. The van der Waals surface area contributed by atoms with E-state index in [1.807, 2.05) is 31.0 Å². The van der Waals surface area contributed by atoms with Gasteiger partial charge >= 0.3 is 0 Å². The monoisotopic (exact) mass is 560 g/mol. The van der Waals surface area contributed by atoms with Crippen LogP contribution in [0.5, 0.6) is 0 Å². The highest BCUT2D eigenvalue weighted by Gasteiger charge is 2.35. The van der Waals surface area contributed by atoms with E-state index in [1.165, 1.54) is 69.1 Å². The van der Waals surface area contributed by atoms with Crippen LogP contribution in [-0.2, 0) is 18.4 Å². The molecule has 0 amide bonds. The van der Waals surface area contributed by atoms with Gasteiger partial charge in [0, 0.05) is 60.9 Å². The molecule has 5 rings (SSSR count). The van der Waals surface area contributed by atoms with E-state index in [4.69, 9.17) is 4.98 Å². The summed E-state index contributed by atoms with van der Waals surface area (Å²) in [6.07, 6.45) is 10.9. The average molecular weight is 561 g/mol. The maximum atomic E-state index is 14.2. The Morgan fingerprint density at radius 3 is 2.61 bits per heavy atom. The fourth-order valence-corrected chi connectivity index (χ4v) is 6.36. The highest BCUT2D eigenvalue weighted by Crippen LogP contribution is 2.42. The van der Waals surface area contributed by atoms with Crippen molar-refractivity contribution in [3.05, 3.63) is 71.5 Å². The van der Waals surface area contributed by atoms with Gasteiger partial charge in [0.25, 0.3) is 0 Å². The highest BCUT2D eigenvalue weighted by atomic mass is 19.1. The maximum Gasteiger partial charge on any atom is 0.160 e. The van der Waals surface area contributed by atoms with Crippen LogP contribution >= 0.6 is 0 Å². The van der Waals surface area contributed by atoms with E-state index in [0.29, 0.717) is 18.9 Å². The molecule has 1 aromatic carbocycles. The lowest BCUT2D eigenvalue weighted by atomic mass is 9.87. The van der Waals surface area contributed by atoms with Gasteiger partial charge in [0.1, 0.15) is 11.6 Å². The fourth-order valence-electron chi connectivity index (χ4n) is 6.36. The van der Waals surface area contributed by atoms with Crippen molar-refractivity contribution in [2.45, 2.75) is 78.7 Å². The molecule has 2 aromatic rings. The largest absolute Gasteiger partial charge is 0.370 e. The third-order valence-corrected chi connectivity index (χ3v) is 8.32. The number of pyridine rings is 1. The molecule has 3 aliphatic heterocycles. The molecular weight excluding hydrogens is 511 g/mol. The first-order valence-electron chi connectivity index (χ1n) is 15.5. The number of allylic oxidation sites excluding steroid dienone is 2. The van der Waals surface area contributed by atoms with Crippen LogP contribution in [0.2, 0.25) is 0 Å². The lowest BCUT2D eigenvalue weighted by Gasteiger charge is -2.31. The number of hydrogen-bond donors (Lipinski definition) is 1. The molecule has 1 saturated heterocycles. The number of fused-ring (bicyclic) bond motifs is 2. The second-order valence-corrected chi connectivity index (χ2v) is 11.8. The van der Waals surface area contributed by atoms with Gasteiger partial charge in [0.2, 0.25) is 0 Å². The van der Waals surface area contributed by atoms with Gasteiger partial charge in [-0.05, 0) is 88.0 Å². The van der Waals surface area contributed by atoms with E-state index in [9.17, 15) is 4.39 Å². The van der Waals surface area contributed by atoms with Crippen LogP contribution in [0.1, 0.15) is 77.0 Å². The molecule has 1 aromatic heterocycles. The highest BCUT2D eigenvalue weighted by molar-refractivity contribution is 5.72. The Bertz CT molecular complexity index is 1240. The van der Waals surface area contributed by atoms with Crippen LogP contribution in [0.25, 0.3) is 0 Å². The summed E-state index contributed by atoms with van der Waals surface area (Å²) < 4.78 is 14.2. The molecule has 0 saturated carbocycles. The lowest BCUT2D eigenvalue weighted by Crippen LogP contribution is -2.30. The van der Waals surface area contributed by atoms with Gasteiger partial charge in [0.05, 0.1) is 0 Å². The van der Waals surface area contributed by atoms with Crippen LogP contribution < -0.4 is 10.2 Å². The summed E-state index contributed by atoms with van der Waals surface area (Å²) in [6.45, 7) is 21.0. The number of likely N-dealkylation sites (tertiary alicyclic amines) is 1. The van der Waals surface area contributed by atoms with Gasteiger partial charge in [-0.3, -0.25) is 0 Å². The Balaban J connectivity index is 0.00000189. The van der Waals surface area contributed by atoms with Crippen molar-refractivity contribution < 1.29 is 4.39 Å². The van der Waals surface area contributed by atoms with Gasteiger partial charge in [-0.2, -0.15) is 0 Å². The Kier molecular flexibility index (Phi) is 10.6. The molecule has 0 aliphatic carbocycles. The zero-order chi connectivity index (χ0) is 29.4. The van der Waals surface area contributed by atoms with Crippen LogP contribution in [0.3, 0.4) is 0 Å². The molecule has 0 atom stereocenters. The SMILES string of the molecule is C=C/C=N\C(=C(/C)F)N1CCc2c(ccnc2Nc2ccc3c(c2)N(CCCCN2CCCC2)CC3(C)C)C1.CC. The number of nitrogens with one attached hydrogen (secondary N) is 1. The Morgan fingerprint density at radius 1 is 1.12 bits per heavy atom. The van der Waals surface area contributed by atoms with Gasteiger partial charge < -0.3 is 20.0 Å². The van der Waals surface area contributed by atoms with E-state index >= 15 is 0 Å². The summed E-state index contributed by atoms with van der Waals surface area (Å²) in [5, 5.41) is 3.62. The molecule has 3 aliphatic rings. The Hall–Kier alpha value is -3.19. The second kappa shape index (κ2) is 14.1. The summed E-state index contributed by atoms with van der Waals surface area (Å²) >= 11 is 0. The third kappa shape index (κ3) is 7.37. The molecular formula is C34H49FN6. The number of halogens is 1. The first kappa shape index (κ1) is 30.8. The van der Waals surface area contributed by atoms with Gasteiger partial charge in [0.15, 0.2) is 5.82 Å². The number of hydrogen-bond acceptors (Lipinski definition) is 6. The van der Waals surface area contributed by atoms with Crippen molar-refractivity contribution in [3.8, 4) is 0 Å². The molecule has 4 heterocycles. The molecule has 0 spiro atoms. The minimum absolute atomic E-state index is 0.143. The molecule has 0 bridgehead atoms. The summed E-state index contributed by atoms with van der Waals surface area (Å²) in [7, 11) is 0. The van der Waals surface area contributed by atoms with Crippen molar-refractivity contribution in [3.63, 3.8) is 0 Å². The zero-order valence-corrected chi connectivity index (χ0v) is 25.8. The van der Waals surface area contributed by atoms with E-state index in [-0.39, 0.29) is 11.2 Å². The Labute approximate surface area is 247 Å². The predicted molar refractivity (Wildman–Crippen MR) is 172 cm³/mol. The van der Waals surface area contributed by atoms with Crippen LogP contribution in [-0.4, -0.2) is 60.3 Å². The van der Waals surface area contributed by atoms with Gasteiger partial charge in [-0.15, -0.1) is 0 Å². The first-order chi connectivity index (χ1) is 19.9. The number of aliphatic imine (C=N–C) groups is 1. The van der Waals surface area contributed by atoms with Crippen molar-refractivity contribution in [1.82, 2.24) is 14.8 Å². The Morgan fingerprint density at radius 2 is 1.88 bits per heavy atom. The number of unbranched alkanes of at least 4 members (excludes halogenated alkanes) is 1. The van der Waals surface area contributed by atoms with Gasteiger partial charge in [-0.25, -0.2) is 14.4 Å². The first-order valence-corrected chi connectivity index (χ1v) is 15.5. The fraction of sp³-hybridized carbons (Fsp3) is 0.529. The van der Waals surface area contributed by atoms with Gasteiger partial charge in [-0.1, -0.05) is 46.4 Å². The predicted octanol–water partition coefficient (Wildman–Crippen LogP) is 7.60. The van der Waals surface area contributed by atoms with E-state index in [0.717, 1.165) is 36.6 Å². The molecule has 1 fully saturated rings. The van der Waals surface area contributed by atoms with Crippen molar-refractivity contribution in [2.24, 2.45) is 4.99 Å². The summed E-state index contributed by atoms with van der Waals surface area (Å²) in [5.41, 5.74) is 6.31. The average Bonchev–Trinajstić information content (AvgIpc) is 3.58. The molecule has 0 unspecified atom stereocenters. The molecule has 1 N–H and O–H groups in total. The topological polar surface area (TPSA) is 47.0 Å². The van der Waals surface area contributed by atoms with Crippen LogP contribution in [0, 0.1) is 0 Å². The smallest absolute Gasteiger partial charge is 0.160 e. The molecule has 7 heteroatoms. The number of rotatable bonds is 10. The van der Waals surface area contributed by atoms with Crippen molar-refractivity contribution >= 4 is 23.4 Å².